The SMILES string of the molecule is CCOC(=O)CCN(C(N)=O)c1cc2ccn(C3CC4(CCN(C(=O)OC(C)(C)C)CC4)C3)c2nc1F. The number of halogens is 1. The molecule has 2 aromatic heterocycles. The second kappa shape index (κ2) is 10.2. The molecule has 3 heterocycles. The van der Waals surface area contributed by atoms with Crippen LogP contribution >= 0.6 is 0 Å². The number of nitrogens with zero attached hydrogens (tertiary/aromatic N) is 4. The molecule has 0 aromatic carbocycles. The summed E-state index contributed by atoms with van der Waals surface area (Å²) < 4.78 is 27.5. The summed E-state index contributed by atoms with van der Waals surface area (Å²) in [5.41, 5.74) is 5.55. The molecule has 1 aliphatic heterocycles. The number of ether oxygens (including phenoxy) is 2. The number of carbonyl (C=O) groups is 3. The van der Waals surface area contributed by atoms with Crippen LogP contribution in [0.5, 0.6) is 0 Å². The highest BCUT2D eigenvalue weighted by Gasteiger charge is 2.47. The van der Waals surface area contributed by atoms with Crippen LogP contribution in [0.25, 0.3) is 11.0 Å². The van der Waals surface area contributed by atoms with E-state index in [1.54, 1.807) is 11.8 Å². The molecule has 1 aliphatic carbocycles. The lowest BCUT2D eigenvalue weighted by Gasteiger charge is -2.52. The standard InChI is InChI=1S/C26H36FN5O5/c1-5-36-20(33)7-11-32(23(28)34)19-14-17-6-10-31(22(17)29-21(19)27)18-15-26(16-18)8-12-30(13-9-26)24(35)37-25(2,3)4/h6,10,14,18H,5,7-9,11-13,15-16H2,1-4H3,(H2,28,34). The van der Waals surface area contributed by atoms with E-state index in [0.29, 0.717) is 24.1 Å². The third-order valence-corrected chi connectivity index (χ3v) is 7.23. The quantitative estimate of drug-likeness (QED) is 0.449. The third kappa shape index (κ3) is 5.80. The number of hydrogen-bond acceptors (Lipinski definition) is 6. The van der Waals surface area contributed by atoms with Crippen molar-refractivity contribution in [1.29, 1.82) is 0 Å². The number of urea groups is 1. The molecule has 1 saturated heterocycles. The van der Waals surface area contributed by atoms with Crippen molar-refractivity contribution in [2.24, 2.45) is 11.1 Å². The number of hydrogen-bond donors (Lipinski definition) is 1. The Morgan fingerprint density at radius 1 is 1.24 bits per heavy atom. The van der Waals surface area contributed by atoms with E-state index in [1.807, 2.05) is 37.6 Å². The van der Waals surface area contributed by atoms with E-state index in [9.17, 15) is 14.4 Å². The molecule has 0 radical (unpaired) electrons. The number of esters is 1. The lowest BCUT2D eigenvalue weighted by Crippen LogP contribution is -2.50. The van der Waals surface area contributed by atoms with Crippen LogP contribution in [0.4, 0.5) is 19.7 Å². The number of nitrogens with two attached hydrogens (primary N) is 1. The topological polar surface area (TPSA) is 120 Å². The van der Waals surface area contributed by atoms with Crippen LogP contribution in [0.3, 0.4) is 0 Å². The van der Waals surface area contributed by atoms with Crippen LogP contribution < -0.4 is 10.6 Å². The second-order valence-electron chi connectivity index (χ2n) is 11.0. The van der Waals surface area contributed by atoms with Gasteiger partial charge in [-0.05, 0) is 70.9 Å². The summed E-state index contributed by atoms with van der Waals surface area (Å²) >= 11 is 0. The van der Waals surface area contributed by atoms with Gasteiger partial charge in [-0.1, -0.05) is 0 Å². The maximum atomic E-state index is 15.1. The van der Waals surface area contributed by atoms with E-state index in [4.69, 9.17) is 15.2 Å². The number of pyridine rings is 1. The van der Waals surface area contributed by atoms with Crippen LogP contribution in [0, 0.1) is 11.4 Å². The molecule has 4 rings (SSSR count). The Morgan fingerprint density at radius 3 is 2.51 bits per heavy atom. The minimum atomic E-state index is -0.873. The summed E-state index contributed by atoms with van der Waals surface area (Å²) in [6.45, 7) is 8.72. The Balaban J connectivity index is 1.42. The average Bonchev–Trinajstić information content (AvgIpc) is 3.18. The van der Waals surface area contributed by atoms with Crippen molar-refractivity contribution >= 4 is 34.8 Å². The van der Waals surface area contributed by atoms with Crippen LogP contribution in [0.15, 0.2) is 18.3 Å². The minimum absolute atomic E-state index is 0.0679. The maximum Gasteiger partial charge on any atom is 0.410 e. The van der Waals surface area contributed by atoms with Gasteiger partial charge in [-0.2, -0.15) is 9.37 Å². The van der Waals surface area contributed by atoms with Gasteiger partial charge in [0.15, 0.2) is 0 Å². The first-order valence-corrected chi connectivity index (χ1v) is 12.8. The van der Waals surface area contributed by atoms with Crippen LogP contribution in [-0.4, -0.2) is 64.4 Å². The van der Waals surface area contributed by atoms with Crippen molar-refractivity contribution < 1.29 is 28.2 Å². The Kier molecular flexibility index (Phi) is 7.34. The molecule has 202 valence electrons. The van der Waals surface area contributed by atoms with Crippen LogP contribution in [0.2, 0.25) is 0 Å². The first-order chi connectivity index (χ1) is 17.4. The molecule has 11 heteroatoms. The lowest BCUT2D eigenvalue weighted by atomic mass is 9.60. The molecule has 2 fully saturated rings. The number of aromatic nitrogens is 2. The zero-order chi connectivity index (χ0) is 27.0. The van der Waals surface area contributed by atoms with Gasteiger partial charge >= 0.3 is 18.1 Å². The van der Waals surface area contributed by atoms with Gasteiger partial charge in [0, 0.05) is 37.3 Å². The molecule has 0 unspecified atom stereocenters. The number of anilines is 1. The van der Waals surface area contributed by atoms with Gasteiger partial charge in [0.1, 0.15) is 16.9 Å². The third-order valence-electron chi connectivity index (χ3n) is 7.23. The smallest absolute Gasteiger partial charge is 0.410 e. The average molecular weight is 518 g/mol. The molecule has 3 amide bonds. The van der Waals surface area contributed by atoms with E-state index < -0.39 is 23.5 Å². The van der Waals surface area contributed by atoms with E-state index >= 15 is 4.39 Å². The number of carbonyl (C=O) groups excluding carboxylic acids is 3. The normalized spacial score (nSPS) is 17.5. The summed E-state index contributed by atoms with van der Waals surface area (Å²) in [6.07, 6.45) is 5.18. The molecule has 2 aromatic rings. The van der Waals surface area contributed by atoms with Gasteiger partial charge in [-0.25, -0.2) is 9.59 Å². The summed E-state index contributed by atoms with van der Waals surface area (Å²) in [6, 6.07) is 2.69. The summed E-state index contributed by atoms with van der Waals surface area (Å²) in [5.74, 6) is -1.32. The number of amides is 3. The number of rotatable bonds is 6. The van der Waals surface area contributed by atoms with E-state index in [2.05, 4.69) is 4.98 Å². The number of likely N-dealkylation sites (tertiary alicyclic amines) is 1. The van der Waals surface area contributed by atoms with Gasteiger partial charge < -0.3 is 24.7 Å². The highest BCUT2D eigenvalue weighted by molar-refractivity contribution is 5.93. The zero-order valence-electron chi connectivity index (χ0n) is 22.0. The Labute approximate surface area is 215 Å². The second-order valence-corrected chi connectivity index (χ2v) is 11.0. The fraction of sp³-hybridized carbons (Fsp3) is 0.615. The van der Waals surface area contributed by atoms with Crippen LogP contribution in [0.1, 0.15) is 65.8 Å². The van der Waals surface area contributed by atoms with E-state index in [0.717, 1.165) is 30.6 Å². The number of piperidine rings is 1. The van der Waals surface area contributed by atoms with E-state index in [-0.39, 0.29) is 42.8 Å². The monoisotopic (exact) mass is 517 g/mol. The Bertz CT molecular complexity index is 1170. The predicted octanol–water partition coefficient (Wildman–Crippen LogP) is 4.37. The molecule has 1 spiro atoms. The lowest BCUT2D eigenvalue weighted by molar-refractivity contribution is -0.142. The van der Waals surface area contributed by atoms with Crippen molar-refractivity contribution in [2.45, 2.75) is 71.4 Å². The molecule has 37 heavy (non-hydrogen) atoms. The fourth-order valence-corrected chi connectivity index (χ4v) is 5.35. The Hall–Kier alpha value is -3.37. The Morgan fingerprint density at radius 2 is 1.92 bits per heavy atom. The van der Waals surface area contributed by atoms with Gasteiger partial charge in [0.2, 0.25) is 5.95 Å². The molecule has 0 atom stereocenters. The molecule has 0 bridgehead atoms. The molecule has 2 N–H and O–H groups in total. The van der Waals surface area contributed by atoms with E-state index in [1.165, 1.54) is 6.07 Å². The van der Waals surface area contributed by atoms with Gasteiger partial charge in [-0.15, -0.1) is 0 Å². The largest absolute Gasteiger partial charge is 0.466 e. The highest BCUT2D eigenvalue weighted by atomic mass is 19.1. The van der Waals surface area contributed by atoms with Crippen LogP contribution in [-0.2, 0) is 14.3 Å². The molecule has 1 saturated carbocycles. The molecular weight excluding hydrogens is 481 g/mol. The van der Waals surface area contributed by atoms with Crippen molar-refractivity contribution in [3.63, 3.8) is 0 Å². The first-order valence-electron chi connectivity index (χ1n) is 12.8. The van der Waals surface area contributed by atoms with Crippen molar-refractivity contribution in [1.82, 2.24) is 14.5 Å². The minimum Gasteiger partial charge on any atom is -0.466 e. The summed E-state index contributed by atoms with van der Waals surface area (Å²) in [4.78, 5) is 43.0. The first kappa shape index (κ1) is 26.7. The summed E-state index contributed by atoms with van der Waals surface area (Å²) in [7, 11) is 0. The fourth-order valence-electron chi connectivity index (χ4n) is 5.35. The van der Waals surface area contributed by atoms with Gasteiger partial charge in [0.05, 0.1) is 13.0 Å². The molecule has 10 nitrogen and oxygen atoms in total. The van der Waals surface area contributed by atoms with Crippen molar-refractivity contribution in [2.75, 3.05) is 31.1 Å². The zero-order valence-corrected chi connectivity index (χ0v) is 22.0. The van der Waals surface area contributed by atoms with Crippen molar-refractivity contribution in [3.8, 4) is 0 Å². The van der Waals surface area contributed by atoms with Gasteiger partial charge in [-0.3, -0.25) is 9.69 Å². The molecule has 2 aliphatic rings. The number of primary amides is 1. The summed E-state index contributed by atoms with van der Waals surface area (Å²) in [5, 5.41) is 0.680. The predicted molar refractivity (Wildman–Crippen MR) is 136 cm³/mol. The number of fused-ring (bicyclic) bond motifs is 1. The van der Waals surface area contributed by atoms with Crippen molar-refractivity contribution in [3.05, 3.63) is 24.3 Å². The van der Waals surface area contributed by atoms with Gasteiger partial charge in [0.25, 0.3) is 0 Å². The highest BCUT2D eigenvalue weighted by Crippen LogP contribution is 2.55. The molecular formula is C26H36FN5O5. The maximum absolute atomic E-state index is 15.1.